The first kappa shape index (κ1) is 15.9. The van der Waals surface area contributed by atoms with E-state index in [4.69, 9.17) is 5.73 Å². The zero-order chi connectivity index (χ0) is 16.4. The molecule has 24 heavy (non-hydrogen) atoms. The maximum atomic E-state index is 6.17. The number of hydrogen-bond donors (Lipinski definition) is 1. The van der Waals surface area contributed by atoms with Gasteiger partial charge in [-0.05, 0) is 24.0 Å². The van der Waals surface area contributed by atoms with Gasteiger partial charge in [-0.25, -0.2) is 0 Å². The molecule has 1 saturated heterocycles. The highest BCUT2D eigenvalue weighted by molar-refractivity contribution is 5.37. The van der Waals surface area contributed by atoms with Gasteiger partial charge in [-0.1, -0.05) is 79.9 Å². The van der Waals surface area contributed by atoms with Gasteiger partial charge in [-0.2, -0.15) is 0 Å². The van der Waals surface area contributed by atoms with Crippen molar-refractivity contribution in [2.45, 2.75) is 49.6 Å². The molecule has 1 aliphatic heterocycles. The van der Waals surface area contributed by atoms with Gasteiger partial charge in [0, 0.05) is 30.6 Å². The summed E-state index contributed by atoms with van der Waals surface area (Å²) in [5.74, 6) is 0.438. The zero-order valence-electron chi connectivity index (χ0n) is 14.4. The number of nitrogens with two attached hydrogens (primary N) is 1. The van der Waals surface area contributed by atoms with Gasteiger partial charge in [0.05, 0.1) is 0 Å². The van der Waals surface area contributed by atoms with Crippen LogP contribution in [0.25, 0.3) is 0 Å². The summed E-state index contributed by atoms with van der Waals surface area (Å²) in [5.41, 5.74) is 9.30. The highest BCUT2D eigenvalue weighted by atomic mass is 15.3. The van der Waals surface area contributed by atoms with E-state index in [-0.39, 0.29) is 5.54 Å². The monoisotopic (exact) mass is 320 g/mol. The Morgan fingerprint density at radius 1 is 0.792 bits per heavy atom. The van der Waals surface area contributed by atoms with Crippen molar-refractivity contribution in [2.24, 2.45) is 5.73 Å². The van der Waals surface area contributed by atoms with Gasteiger partial charge in [0.2, 0.25) is 0 Å². The summed E-state index contributed by atoms with van der Waals surface area (Å²) in [7, 11) is 0. The molecule has 1 heterocycles. The number of nitrogens with zero attached hydrogens (tertiary/aromatic N) is 1. The number of rotatable bonds is 4. The van der Waals surface area contributed by atoms with E-state index in [2.05, 4.69) is 65.6 Å². The number of benzene rings is 2. The van der Waals surface area contributed by atoms with Crippen LogP contribution in [-0.2, 0) is 0 Å². The Balaban J connectivity index is 1.80. The molecule has 2 heteroatoms. The lowest BCUT2D eigenvalue weighted by atomic mass is 9.65. The van der Waals surface area contributed by atoms with Crippen LogP contribution < -0.4 is 5.73 Å². The Labute approximate surface area is 145 Å². The SMILES string of the molecule is NC1CN(C2(C(c3ccccc3)c3ccccc3)CCCCC2)C1. The van der Waals surface area contributed by atoms with Gasteiger partial charge in [0.25, 0.3) is 0 Å². The molecule has 2 fully saturated rings. The largest absolute Gasteiger partial charge is 0.325 e. The molecule has 0 atom stereocenters. The maximum Gasteiger partial charge on any atom is 0.0319 e. The lowest BCUT2D eigenvalue weighted by Gasteiger charge is -2.57. The third-order valence-corrected chi connectivity index (χ3v) is 6.06. The minimum atomic E-state index is 0.233. The first-order chi connectivity index (χ1) is 11.8. The van der Waals surface area contributed by atoms with E-state index in [1.807, 2.05) is 0 Å². The van der Waals surface area contributed by atoms with Crippen LogP contribution in [0.15, 0.2) is 60.7 Å². The molecule has 0 spiro atoms. The molecule has 4 rings (SSSR count). The van der Waals surface area contributed by atoms with Crippen LogP contribution in [0.1, 0.15) is 49.1 Å². The lowest BCUT2D eigenvalue weighted by molar-refractivity contribution is -0.0230. The minimum Gasteiger partial charge on any atom is -0.325 e. The molecule has 1 aliphatic carbocycles. The van der Waals surface area contributed by atoms with E-state index in [1.54, 1.807) is 0 Å². The predicted molar refractivity (Wildman–Crippen MR) is 100 cm³/mol. The van der Waals surface area contributed by atoms with Crippen LogP contribution >= 0.6 is 0 Å². The summed E-state index contributed by atoms with van der Waals surface area (Å²) in [6.07, 6.45) is 6.62. The molecule has 126 valence electrons. The van der Waals surface area contributed by atoms with E-state index in [0.29, 0.717) is 12.0 Å². The second-order valence-electron chi connectivity index (χ2n) is 7.58. The molecule has 0 unspecified atom stereocenters. The van der Waals surface area contributed by atoms with E-state index in [9.17, 15) is 0 Å². The summed E-state index contributed by atoms with van der Waals surface area (Å²) in [5, 5.41) is 0. The Morgan fingerprint density at radius 3 is 1.75 bits per heavy atom. The van der Waals surface area contributed by atoms with Gasteiger partial charge in [0.1, 0.15) is 0 Å². The fourth-order valence-corrected chi connectivity index (χ4v) is 4.93. The van der Waals surface area contributed by atoms with Crippen LogP contribution in [0.4, 0.5) is 0 Å². The molecule has 0 amide bonds. The summed E-state index contributed by atoms with van der Waals surface area (Å²) >= 11 is 0. The van der Waals surface area contributed by atoms with Crippen molar-refractivity contribution in [2.75, 3.05) is 13.1 Å². The average Bonchev–Trinajstić information content (AvgIpc) is 2.62. The second kappa shape index (κ2) is 6.70. The normalized spacial score (nSPS) is 21.6. The third-order valence-electron chi connectivity index (χ3n) is 6.06. The van der Waals surface area contributed by atoms with Crippen LogP contribution in [0, 0.1) is 0 Å². The van der Waals surface area contributed by atoms with Gasteiger partial charge in [0.15, 0.2) is 0 Å². The van der Waals surface area contributed by atoms with Gasteiger partial charge < -0.3 is 5.73 Å². The second-order valence-corrected chi connectivity index (χ2v) is 7.58. The minimum absolute atomic E-state index is 0.233. The molecule has 0 aromatic heterocycles. The van der Waals surface area contributed by atoms with E-state index in [1.165, 1.54) is 43.2 Å². The molecule has 2 N–H and O–H groups in total. The topological polar surface area (TPSA) is 29.3 Å². The molecule has 2 aromatic rings. The fraction of sp³-hybridized carbons (Fsp3) is 0.455. The van der Waals surface area contributed by atoms with Crippen LogP contribution in [-0.4, -0.2) is 29.6 Å². The van der Waals surface area contributed by atoms with Crippen molar-refractivity contribution in [1.82, 2.24) is 4.90 Å². The highest BCUT2D eigenvalue weighted by Gasteiger charge is 2.49. The van der Waals surface area contributed by atoms with Crippen LogP contribution in [0.2, 0.25) is 0 Å². The van der Waals surface area contributed by atoms with E-state index >= 15 is 0 Å². The Kier molecular flexibility index (Phi) is 4.43. The van der Waals surface area contributed by atoms with Crippen molar-refractivity contribution in [3.8, 4) is 0 Å². The van der Waals surface area contributed by atoms with Gasteiger partial charge in [-0.15, -0.1) is 0 Å². The predicted octanol–water partition coefficient (Wildman–Crippen LogP) is 4.16. The van der Waals surface area contributed by atoms with Gasteiger partial charge >= 0.3 is 0 Å². The fourth-order valence-electron chi connectivity index (χ4n) is 4.93. The quantitative estimate of drug-likeness (QED) is 0.916. The van der Waals surface area contributed by atoms with Crippen molar-refractivity contribution < 1.29 is 0 Å². The molecule has 2 aromatic carbocycles. The molecule has 0 bridgehead atoms. The van der Waals surface area contributed by atoms with E-state index in [0.717, 1.165) is 13.1 Å². The van der Waals surface area contributed by atoms with Gasteiger partial charge in [-0.3, -0.25) is 4.90 Å². The Bertz CT molecular complexity index is 601. The average molecular weight is 320 g/mol. The summed E-state index contributed by atoms with van der Waals surface area (Å²) in [6, 6.07) is 22.6. The molecular formula is C22H28N2. The van der Waals surface area contributed by atoms with Crippen molar-refractivity contribution in [3.05, 3.63) is 71.8 Å². The first-order valence-electron chi connectivity index (χ1n) is 9.40. The standard InChI is InChI=1S/C22H28N2/c23-20-16-24(17-20)22(14-8-3-9-15-22)21(18-10-4-1-5-11-18)19-12-6-2-7-13-19/h1-2,4-7,10-13,20-21H,3,8-9,14-17,23H2. The molecule has 0 radical (unpaired) electrons. The Morgan fingerprint density at radius 2 is 1.29 bits per heavy atom. The third kappa shape index (κ3) is 2.78. The van der Waals surface area contributed by atoms with Crippen molar-refractivity contribution in [3.63, 3.8) is 0 Å². The molecule has 2 aliphatic rings. The van der Waals surface area contributed by atoms with Crippen molar-refractivity contribution in [1.29, 1.82) is 0 Å². The molecule has 1 saturated carbocycles. The maximum absolute atomic E-state index is 6.17. The molecule has 2 nitrogen and oxygen atoms in total. The lowest BCUT2D eigenvalue weighted by Crippen LogP contribution is -2.67. The van der Waals surface area contributed by atoms with Crippen molar-refractivity contribution >= 4 is 0 Å². The summed E-state index contributed by atoms with van der Waals surface area (Å²) < 4.78 is 0. The highest BCUT2D eigenvalue weighted by Crippen LogP contribution is 2.49. The molecular weight excluding hydrogens is 292 g/mol. The number of likely N-dealkylation sites (tertiary alicyclic amines) is 1. The smallest absolute Gasteiger partial charge is 0.0319 e. The van der Waals surface area contributed by atoms with E-state index < -0.39 is 0 Å². The Hall–Kier alpha value is -1.64. The first-order valence-corrected chi connectivity index (χ1v) is 9.40. The van der Waals surface area contributed by atoms with Crippen LogP contribution in [0.3, 0.4) is 0 Å². The van der Waals surface area contributed by atoms with Crippen LogP contribution in [0.5, 0.6) is 0 Å². The number of hydrogen-bond acceptors (Lipinski definition) is 2. The zero-order valence-corrected chi connectivity index (χ0v) is 14.4. The summed E-state index contributed by atoms with van der Waals surface area (Å²) in [6.45, 7) is 2.10. The summed E-state index contributed by atoms with van der Waals surface area (Å²) in [4.78, 5) is 2.70.